The van der Waals surface area contributed by atoms with Crippen molar-refractivity contribution in [3.8, 4) is 0 Å². The molecule has 3 rings (SSSR count). The van der Waals surface area contributed by atoms with Crippen LogP contribution >= 0.6 is 0 Å². The van der Waals surface area contributed by atoms with E-state index in [9.17, 15) is 9.59 Å². The van der Waals surface area contributed by atoms with E-state index in [-0.39, 0.29) is 11.3 Å². The highest BCUT2D eigenvalue weighted by Crippen LogP contribution is 2.13. The lowest BCUT2D eigenvalue weighted by Gasteiger charge is -2.07. The van der Waals surface area contributed by atoms with Crippen molar-refractivity contribution in [3.63, 3.8) is 0 Å². The van der Waals surface area contributed by atoms with Crippen molar-refractivity contribution < 1.29 is 4.79 Å². The van der Waals surface area contributed by atoms with Gasteiger partial charge in [0.15, 0.2) is 0 Å². The summed E-state index contributed by atoms with van der Waals surface area (Å²) >= 11 is 0. The smallest absolute Gasteiger partial charge is 0.254 e. The number of fused-ring (bicyclic) bond motifs is 2. The molecule has 0 spiro atoms. The fourth-order valence-corrected chi connectivity index (χ4v) is 2.31. The third-order valence-corrected chi connectivity index (χ3v) is 3.35. The average Bonchev–Trinajstić information content (AvgIpc) is 2.82. The monoisotopic (exact) mass is 266 g/mol. The number of benzene rings is 1. The Balaban J connectivity index is 2.37. The largest absolute Gasteiger partial charge is 0.345 e. The van der Waals surface area contributed by atoms with Crippen molar-refractivity contribution in [2.45, 2.75) is 0 Å². The number of carbonyl (C=O) groups is 1. The van der Waals surface area contributed by atoms with Gasteiger partial charge in [-0.1, -0.05) is 24.3 Å². The summed E-state index contributed by atoms with van der Waals surface area (Å²) in [6, 6.07) is 11.0. The number of aromatic nitrogens is 1. The van der Waals surface area contributed by atoms with Gasteiger partial charge in [0, 0.05) is 31.9 Å². The Bertz CT molecular complexity index is 878. The second-order valence-corrected chi connectivity index (χ2v) is 4.95. The minimum atomic E-state index is -0.111. The fraction of sp³-hybridized carbons (Fsp3) is 0.125. The van der Waals surface area contributed by atoms with Crippen molar-refractivity contribution in [2.75, 3.05) is 14.1 Å². The first-order chi connectivity index (χ1) is 9.58. The van der Waals surface area contributed by atoms with Gasteiger partial charge in [-0.25, -0.2) is 0 Å². The van der Waals surface area contributed by atoms with Crippen molar-refractivity contribution in [3.05, 3.63) is 64.6 Å². The topological polar surface area (TPSA) is 41.8 Å². The van der Waals surface area contributed by atoms with E-state index in [1.54, 1.807) is 36.8 Å². The molecule has 2 aromatic heterocycles. The maximum Gasteiger partial charge on any atom is 0.254 e. The minimum absolute atomic E-state index is 0.0663. The van der Waals surface area contributed by atoms with E-state index in [0.717, 1.165) is 5.39 Å². The van der Waals surface area contributed by atoms with Crippen LogP contribution in [0.3, 0.4) is 0 Å². The highest BCUT2D eigenvalue weighted by molar-refractivity contribution is 5.96. The van der Waals surface area contributed by atoms with Gasteiger partial charge in [-0.3, -0.25) is 9.59 Å². The molecule has 1 aromatic carbocycles. The Morgan fingerprint density at radius 1 is 1.15 bits per heavy atom. The quantitative estimate of drug-likeness (QED) is 0.677. The minimum Gasteiger partial charge on any atom is -0.345 e. The van der Waals surface area contributed by atoms with E-state index in [4.69, 9.17) is 0 Å². The van der Waals surface area contributed by atoms with E-state index in [0.29, 0.717) is 16.5 Å². The van der Waals surface area contributed by atoms with Crippen LogP contribution in [0.5, 0.6) is 0 Å². The molecule has 4 heteroatoms. The predicted molar refractivity (Wildman–Crippen MR) is 79.2 cm³/mol. The molecule has 3 aromatic rings. The maximum absolute atomic E-state index is 12.5. The fourth-order valence-electron chi connectivity index (χ4n) is 2.31. The lowest BCUT2D eigenvalue weighted by Crippen LogP contribution is -2.21. The van der Waals surface area contributed by atoms with Gasteiger partial charge in [0.1, 0.15) is 0 Å². The molecular formula is C16H14N2O2. The van der Waals surface area contributed by atoms with Crippen LogP contribution in [0.15, 0.2) is 53.6 Å². The number of nitrogens with zero attached hydrogens (tertiary/aromatic N) is 2. The Hall–Kier alpha value is -2.62. The lowest BCUT2D eigenvalue weighted by molar-refractivity contribution is 0.0828. The Morgan fingerprint density at radius 3 is 2.65 bits per heavy atom. The van der Waals surface area contributed by atoms with E-state index in [2.05, 4.69) is 0 Å². The lowest BCUT2D eigenvalue weighted by atomic mass is 10.2. The van der Waals surface area contributed by atoms with Crippen LogP contribution in [-0.2, 0) is 0 Å². The SMILES string of the molecule is CN(C)C(=O)c1cc2c(=O)c3ccccc3ccn2c1. The van der Waals surface area contributed by atoms with Crippen LogP contribution in [0.1, 0.15) is 10.4 Å². The van der Waals surface area contributed by atoms with Gasteiger partial charge in [0.25, 0.3) is 5.91 Å². The van der Waals surface area contributed by atoms with Gasteiger partial charge < -0.3 is 9.30 Å². The number of amides is 1. The first-order valence-electron chi connectivity index (χ1n) is 6.33. The highest BCUT2D eigenvalue weighted by atomic mass is 16.2. The Labute approximate surface area is 115 Å². The van der Waals surface area contributed by atoms with Crippen molar-refractivity contribution in [1.29, 1.82) is 0 Å². The molecule has 4 nitrogen and oxygen atoms in total. The second-order valence-electron chi connectivity index (χ2n) is 4.95. The van der Waals surface area contributed by atoms with Crippen molar-refractivity contribution in [1.82, 2.24) is 9.30 Å². The Morgan fingerprint density at radius 2 is 1.90 bits per heavy atom. The summed E-state index contributed by atoms with van der Waals surface area (Å²) in [6.07, 6.45) is 3.50. The summed E-state index contributed by atoms with van der Waals surface area (Å²) in [5.41, 5.74) is 0.960. The second kappa shape index (κ2) is 4.49. The van der Waals surface area contributed by atoms with Crippen LogP contribution < -0.4 is 5.43 Å². The van der Waals surface area contributed by atoms with Crippen molar-refractivity contribution >= 4 is 22.2 Å². The number of hydrogen-bond acceptors (Lipinski definition) is 2. The molecule has 100 valence electrons. The van der Waals surface area contributed by atoms with Crippen LogP contribution in [-0.4, -0.2) is 29.3 Å². The molecule has 0 atom stereocenters. The van der Waals surface area contributed by atoms with Crippen LogP contribution in [0.2, 0.25) is 0 Å². The standard InChI is InChI=1S/C16H14N2O2/c1-17(2)16(20)12-9-14-15(19)13-6-4-3-5-11(13)7-8-18(14)10-12/h3-10H,1-2H3. The Kier molecular flexibility index (Phi) is 2.79. The molecule has 2 heterocycles. The molecule has 0 N–H and O–H groups in total. The molecule has 20 heavy (non-hydrogen) atoms. The summed E-state index contributed by atoms with van der Waals surface area (Å²) < 4.78 is 1.71. The summed E-state index contributed by atoms with van der Waals surface area (Å²) in [4.78, 5) is 26.0. The van der Waals surface area contributed by atoms with E-state index >= 15 is 0 Å². The van der Waals surface area contributed by atoms with Gasteiger partial charge in [0.2, 0.25) is 5.43 Å². The van der Waals surface area contributed by atoms with E-state index < -0.39 is 0 Å². The average molecular weight is 266 g/mol. The summed E-state index contributed by atoms with van der Waals surface area (Å²) in [5, 5.41) is 1.55. The predicted octanol–water partition coefficient (Wildman–Crippen LogP) is 2.15. The zero-order chi connectivity index (χ0) is 14.3. The summed E-state index contributed by atoms with van der Waals surface area (Å²) in [7, 11) is 3.39. The molecule has 0 bridgehead atoms. The third-order valence-electron chi connectivity index (χ3n) is 3.35. The number of rotatable bonds is 1. The molecular weight excluding hydrogens is 252 g/mol. The zero-order valence-corrected chi connectivity index (χ0v) is 11.3. The molecule has 0 radical (unpaired) electrons. The van der Waals surface area contributed by atoms with Crippen molar-refractivity contribution in [2.24, 2.45) is 0 Å². The molecule has 0 saturated carbocycles. The molecule has 1 amide bonds. The summed E-state index contributed by atoms with van der Waals surface area (Å²) in [6.45, 7) is 0. The molecule has 0 saturated heterocycles. The zero-order valence-electron chi connectivity index (χ0n) is 11.3. The summed E-state index contributed by atoms with van der Waals surface area (Å²) in [5.74, 6) is -0.111. The number of carbonyl (C=O) groups excluding carboxylic acids is 1. The number of hydrogen-bond donors (Lipinski definition) is 0. The van der Waals surface area contributed by atoms with E-state index in [1.807, 2.05) is 30.5 Å². The molecule has 0 aliphatic rings. The normalized spacial score (nSPS) is 10.9. The van der Waals surface area contributed by atoms with Crippen LogP contribution in [0.4, 0.5) is 0 Å². The van der Waals surface area contributed by atoms with Crippen LogP contribution in [0, 0.1) is 0 Å². The first-order valence-corrected chi connectivity index (χ1v) is 6.33. The molecule has 0 fully saturated rings. The molecule has 0 aliphatic heterocycles. The van der Waals surface area contributed by atoms with Gasteiger partial charge in [-0.2, -0.15) is 0 Å². The van der Waals surface area contributed by atoms with Crippen LogP contribution in [0.25, 0.3) is 16.3 Å². The van der Waals surface area contributed by atoms with Gasteiger partial charge in [0.05, 0.1) is 11.1 Å². The van der Waals surface area contributed by atoms with Gasteiger partial charge in [-0.15, -0.1) is 0 Å². The molecule has 0 aliphatic carbocycles. The third kappa shape index (κ3) is 1.86. The highest BCUT2D eigenvalue weighted by Gasteiger charge is 2.12. The molecule has 0 unspecified atom stereocenters. The van der Waals surface area contributed by atoms with Gasteiger partial charge in [-0.05, 0) is 17.5 Å². The maximum atomic E-state index is 12.5. The first kappa shape index (κ1) is 12.4. The van der Waals surface area contributed by atoms with Gasteiger partial charge >= 0.3 is 0 Å². The van der Waals surface area contributed by atoms with E-state index in [1.165, 1.54) is 4.90 Å².